The molecule has 0 aliphatic carbocycles. The Balaban J connectivity index is 1.50. The summed E-state index contributed by atoms with van der Waals surface area (Å²) in [5.41, 5.74) is 1.75. The molecule has 0 saturated carbocycles. The second kappa shape index (κ2) is 6.51. The van der Waals surface area contributed by atoms with Crippen molar-refractivity contribution in [1.82, 2.24) is 24.5 Å². The molecule has 0 fully saturated rings. The van der Waals surface area contributed by atoms with Crippen LogP contribution in [-0.2, 0) is 11.3 Å². The van der Waals surface area contributed by atoms with Crippen LogP contribution in [-0.4, -0.2) is 32.2 Å². The molecule has 1 atom stereocenters. The Bertz CT molecular complexity index is 1080. The van der Waals surface area contributed by atoms with Gasteiger partial charge in [0.25, 0.3) is 0 Å². The van der Waals surface area contributed by atoms with E-state index in [4.69, 9.17) is 4.74 Å². The van der Waals surface area contributed by atoms with E-state index >= 15 is 0 Å². The van der Waals surface area contributed by atoms with Gasteiger partial charge in [-0.1, -0.05) is 6.07 Å². The van der Waals surface area contributed by atoms with Crippen LogP contribution >= 0.6 is 0 Å². The molecule has 0 saturated heterocycles. The molecule has 26 heavy (non-hydrogen) atoms. The van der Waals surface area contributed by atoms with Gasteiger partial charge in [0, 0.05) is 23.3 Å². The Kier molecular flexibility index (Phi) is 4.04. The molecule has 7 heteroatoms. The number of hydrogen-bond donors (Lipinski definition) is 1. The maximum atomic E-state index is 12.5. The Morgan fingerprint density at radius 2 is 2.08 bits per heavy atom. The van der Waals surface area contributed by atoms with Gasteiger partial charge in [-0.3, -0.25) is 9.20 Å². The minimum Gasteiger partial charge on any atom is -0.497 e. The molecule has 0 aliphatic rings. The highest BCUT2D eigenvalue weighted by Crippen LogP contribution is 2.22. The van der Waals surface area contributed by atoms with Gasteiger partial charge >= 0.3 is 0 Å². The van der Waals surface area contributed by atoms with E-state index in [1.54, 1.807) is 7.11 Å². The highest BCUT2D eigenvalue weighted by atomic mass is 16.5. The second-order valence-electron chi connectivity index (χ2n) is 6.14. The molecule has 1 N–H and O–H groups in total. The summed E-state index contributed by atoms with van der Waals surface area (Å²) in [5, 5.41) is 12.3. The molecule has 7 nitrogen and oxygen atoms in total. The van der Waals surface area contributed by atoms with Crippen LogP contribution in [0.3, 0.4) is 0 Å². The zero-order valence-electron chi connectivity index (χ0n) is 14.6. The van der Waals surface area contributed by atoms with Gasteiger partial charge in [-0.25, -0.2) is 0 Å². The quantitative estimate of drug-likeness (QED) is 0.601. The molecule has 3 heterocycles. The number of rotatable bonds is 5. The molecular formula is C19H19N5O2. The third-order valence-electron chi connectivity index (χ3n) is 4.40. The van der Waals surface area contributed by atoms with Gasteiger partial charge in [-0.15, -0.1) is 10.2 Å². The van der Waals surface area contributed by atoms with Crippen LogP contribution in [0.1, 0.15) is 18.8 Å². The van der Waals surface area contributed by atoms with Crippen molar-refractivity contribution < 1.29 is 9.53 Å². The number of methoxy groups -OCH3 is 1. The fraction of sp³-hybridized carbons (Fsp3) is 0.211. The summed E-state index contributed by atoms with van der Waals surface area (Å²) in [6.07, 6.45) is 3.79. The second-order valence-corrected chi connectivity index (χ2v) is 6.14. The molecule has 0 spiro atoms. The van der Waals surface area contributed by atoms with E-state index in [-0.39, 0.29) is 18.5 Å². The smallest absolute Gasteiger partial charge is 0.240 e. The van der Waals surface area contributed by atoms with E-state index in [1.807, 2.05) is 70.7 Å². The largest absolute Gasteiger partial charge is 0.497 e. The maximum Gasteiger partial charge on any atom is 0.240 e. The molecule has 0 radical (unpaired) electrons. The van der Waals surface area contributed by atoms with Crippen LogP contribution in [0.2, 0.25) is 0 Å². The van der Waals surface area contributed by atoms with E-state index < -0.39 is 0 Å². The number of fused-ring (bicyclic) bond motifs is 2. The fourth-order valence-corrected chi connectivity index (χ4v) is 3.10. The van der Waals surface area contributed by atoms with Crippen molar-refractivity contribution in [2.24, 2.45) is 0 Å². The van der Waals surface area contributed by atoms with Gasteiger partial charge in [-0.05, 0) is 43.3 Å². The minimum atomic E-state index is -0.248. The van der Waals surface area contributed by atoms with Crippen molar-refractivity contribution in [2.45, 2.75) is 19.5 Å². The Morgan fingerprint density at radius 3 is 2.92 bits per heavy atom. The Labute approximate surface area is 150 Å². The van der Waals surface area contributed by atoms with Crippen molar-refractivity contribution in [3.8, 4) is 5.75 Å². The Hall–Kier alpha value is -3.35. The number of amides is 1. The predicted molar refractivity (Wildman–Crippen MR) is 98.0 cm³/mol. The summed E-state index contributed by atoms with van der Waals surface area (Å²) in [6.45, 7) is 2.14. The molecule has 1 aromatic carbocycles. The van der Waals surface area contributed by atoms with Crippen molar-refractivity contribution in [3.05, 3.63) is 60.7 Å². The van der Waals surface area contributed by atoms with Crippen LogP contribution in [0.15, 0.2) is 54.9 Å². The topological polar surface area (TPSA) is 73.4 Å². The van der Waals surface area contributed by atoms with Crippen molar-refractivity contribution in [2.75, 3.05) is 7.11 Å². The molecule has 0 aliphatic heterocycles. The third kappa shape index (κ3) is 2.88. The first-order valence-corrected chi connectivity index (χ1v) is 8.37. The van der Waals surface area contributed by atoms with Gasteiger partial charge in [0.15, 0.2) is 11.5 Å². The number of carbonyl (C=O) groups excluding carboxylic acids is 1. The molecule has 4 aromatic rings. The standard InChI is InChI=1S/C19H19N5O2/c1-13(19-22-21-17-5-3-4-9-24(17)19)20-18(25)12-23-10-8-14-11-15(26-2)6-7-16(14)23/h3-11,13H,12H2,1-2H3,(H,20,25). The van der Waals surface area contributed by atoms with Gasteiger partial charge in [0.05, 0.1) is 13.2 Å². The van der Waals surface area contributed by atoms with E-state index in [9.17, 15) is 4.79 Å². The molecule has 0 bridgehead atoms. The molecule has 3 aromatic heterocycles. The van der Waals surface area contributed by atoms with E-state index in [1.165, 1.54) is 0 Å². The lowest BCUT2D eigenvalue weighted by molar-refractivity contribution is -0.122. The van der Waals surface area contributed by atoms with Crippen molar-refractivity contribution in [3.63, 3.8) is 0 Å². The zero-order valence-corrected chi connectivity index (χ0v) is 14.6. The minimum absolute atomic E-state index is 0.0847. The first kappa shape index (κ1) is 16.1. The number of nitrogens with one attached hydrogen (secondary N) is 1. The Morgan fingerprint density at radius 1 is 1.19 bits per heavy atom. The van der Waals surface area contributed by atoms with Crippen LogP contribution in [0.25, 0.3) is 16.6 Å². The molecule has 1 amide bonds. The van der Waals surface area contributed by atoms with E-state index in [2.05, 4.69) is 15.5 Å². The van der Waals surface area contributed by atoms with Gasteiger partial charge in [0.1, 0.15) is 12.3 Å². The summed E-state index contributed by atoms with van der Waals surface area (Å²) in [6, 6.07) is 13.2. The maximum absolute atomic E-state index is 12.5. The van der Waals surface area contributed by atoms with Gasteiger partial charge < -0.3 is 14.6 Å². The summed E-state index contributed by atoms with van der Waals surface area (Å²) < 4.78 is 9.03. The van der Waals surface area contributed by atoms with Crippen LogP contribution in [0.5, 0.6) is 5.75 Å². The highest BCUT2D eigenvalue weighted by molar-refractivity contribution is 5.84. The van der Waals surface area contributed by atoms with Crippen molar-refractivity contribution >= 4 is 22.5 Å². The molecule has 4 rings (SSSR count). The summed E-state index contributed by atoms with van der Waals surface area (Å²) in [7, 11) is 1.64. The molecule has 1 unspecified atom stereocenters. The lowest BCUT2D eigenvalue weighted by Crippen LogP contribution is -2.30. The van der Waals surface area contributed by atoms with E-state index in [0.29, 0.717) is 5.82 Å². The average Bonchev–Trinajstić information content (AvgIpc) is 3.25. The lowest BCUT2D eigenvalue weighted by Gasteiger charge is -2.13. The first-order chi connectivity index (χ1) is 12.7. The number of pyridine rings is 1. The normalized spacial score (nSPS) is 12.4. The number of benzene rings is 1. The summed E-state index contributed by atoms with van der Waals surface area (Å²) in [5.74, 6) is 1.42. The van der Waals surface area contributed by atoms with Gasteiger partial charge in [0.2, 0.25) is 5.91 Å². The van der Waals surface area contributed by atoms with Crippen molar-refractivity contribution in [1.29, 1.82) is 0 Å². The number of nitrogens with zero attached hydrogens (tertiary/aromatic N) is 4. The van der Waals surface area contributed by atoms with E-state index in [0.717, 1.165) is 22.3 Å². The van der Waals surface area contributed by atoms with Crippen LogP contribution < -0.4 is 10.1 Å². The summed E-state index contributed by atoms with van der Waals surface area (Å²) in [4.78, 5) is 12.5. The number of hydrogen-bond acceptors (Lipinski definition) is 4. The number of carbonyl (C=O) groups is 1. The van der Waals surface area contributed by atoms with Crippen LogP contribution in [0.4, 0.5) is 0 Å². The first-order valence-electron chi connectivity index (χ1n) is 8.37. The lowest BCUT2D eigenvalue weighted by atomic mass is 10.2. The number of ether oxygens (including phenoxy) is 1. The van der Waals surface area contributed by atoms with Gasteiger partial charge in [-0.2, -0.15) is 0 Å². The number of aromatic nitrogens is 4. The molecule has 132 valence electrons. The fourth-order valence-electron chi connectivity index (χ4n) is 3.10. The van der Waals surface area contributed by atoms with Crippen LogP contribution in [0, 0.1) is 0 Å². The highest BCUT2D eigenvalue weighted by Gasteiger charge is 2.16. The predicted octanol–water partition coefficient (Wildman–Crippen LogP) is 2.57. The third-order valence-corrected chi connectivity index (χ3v) is 4.40. The summed E-state index contributed by atoms with van der Waals surface area (Å²) >= 11 is 0. The molecular weight excluding hydrogens is 330 g/mol. The average molecular weight is 349 g/mol. The SMILES string of the molecule is COc1ccc2c(ccn2CC(=O)NC(C)c2nnc3ccccn23)c1. The zero-order chi connectivity index (χ0) is 18.1. The monoisotopic (exact) mass is 349 g/mol.